The third-order valence-electron chi connectivity index (χ3n) is 5.09. The summed E-state index contributed by atoms with van der Waals surface area (Å²) in [5, 5.41) is 12.5. The third kappa shape index (κ3) is 13.1. The Morgan fingerprint density at radius 1 is 0.967 bits per heavy atom. The van der Waals surface area contributed by atoms with Crippen LogP contribution in [0.2, 0.25) is 0 Å². The first-order valence-corrected chi connectivity index (χ1v) is 11.6. The average molecular weight is 416 g/mol. The molecule has 4 heteroatoms. The van der Waals surface area contributed by atoms with Gasteiger partial charge in [-0.1, -0.05) is 75.8 Å². The molecule has 0 bridgehead atoms. The summed E-state index contributed by atoms with van der Waals surface area (Å²) in [6.07, 6.45) is 22.7. The number of carbonyl (C=O) groups excluding carboxylic acids is 1. The van der Waals surface area contributed by atoms with E-state index in [1.165, 1.54) is 58.5 Å². The van der Waals surface area contributed by atoms with Crippen LogP contribution in [0, 0.1) is 0 Å². The molecule has 0 aliphatic rings. The lowest BCUT2D eigenvalue weighted by Gasteiger charge is -2.08. The topological polar surface area (TPSA) is 58.6 Å². The largest absolute Gasteiger partial charge is 0.504 e. The van der Waals surface area contributed by atoms with Crippen molar-refractivity contribution in [1.82, 2.24) is 5.32 Å². The minimum absolute atomic E-state index is 0.0796. The summed E-state index contributed by atoms with van der Waals surface area (Å²) >= 11 is 0. The lowest BCUT2D eigenvalue weighted by atomic mass is 10.1. The normalized spacial score (nSPS) is 11.4. The number of benzene rings is 1. The number of phenols is 1. The lowest BCUT2D eigenvalue weighted by Crippen LogP contribution is -2.22. The molecule has 1 aromatic carbocycles. The van der Waals surface area contributed by atoms with Gasteiger partial charge in [0.1, 0.15) is 0 Å². The fraction of sp³-hybridized carbons (Fsp3) is 0.577. The molecule has 0 saturated carbocycles. The zero-order valence-corrected chi connectivity index (χ0v) is 19.0. The van der Waals surface area contributed by atoms with Crippen molar-refractivity contribution >= 4 is 5.91 Å². The molecular formula is C26H41NO3. The van der Waals surface area contributed by atoms with E-state index in [0.717, 1.165) is 24.8 Å². The zero-order chi connectivity index (χ0) is 21.9. The standard InChI is InChI=1S/C26H41NO3/c1-3-4-5-6-7-8-9-10-11-12-13-14-15-16-17-18-26(29)27-22-23-19-20-24(28)25(21-23)30-2/h6-7,9-10,19-21,28H,3-5,8,11-18,22H2,1-2H3,(H,27,29)/b7-6+,10-9-. The number of aromatic hydroxyl groups is 1. The van der Waals surface area contributed by atoms with Gasteiger partial charge in [0.2, 0.25) is 5.91 Å². The molecule has 0 atom stereocenters. The highest BCUT2D eigenvalue weighted by atomic mass is 16.5. The molecule has 1 rings (SSSR count). The number of amides is 1. The van der Waals surface area contributed by atoms with Crippen LogP contribution in [0.4, 0.5) is 0 Å². The smallest absolute Gasteiger partial charge is 0.220 e. The van der Waals surface area contributed by atoms with Crippen molar-refractivity contribution < 1.29 is 14.6 Å². The first kappa shape index (κ1) is 25.8. The van der Waals surface area contributed by atoms with Crippen LogP contribution in [0.5, 0.6) is 11.5 Å². The first-order valence-electron chi connectivity index (χ1n) is 11.6. The number of unbranched alkanes of at least 4 members (excludes halogenated alkanes) is 8. The molecular weight excluding hydrogens is 374 g/mol. The predicted molar refractivity (Wildman–Crippen MR) is 126 cm³/mol. The molecule has 30 heavy (non-hydrogen) atoms. The van der Waals surface area contributed by atoms with E-state index in [-0.39, 0.29) is 11.7 Å². The summed E-state index contributed by atoms with van der Waals surface area (Å²) in [7, 11) is 1.52. The molecule has 0 heterocycles. The molecule has 1 aromatic rings. The van der Waals surface area contributed by atoms with Crippen LogP contribution in [0.25, 0.3) is 0 Å². The number of rotatable bonds is 17. The Balaban J connectivity index is 1.95. The van der Waals surface area contributed by atoms with Crippen molar-refractivity contribution in [3.63, 3.8) is 0 Å². The SMILES string of the molecule is CCCC/C=C/C/C=C\CCCCCCCCC(=O)NCc1ccc(O)c(OC)c1. The number of phenolic OH excluding ortho intramolecular Hbond substituents is 1. The number of ether oxygens (including phenoxy) is 1. The summed E-state index contributed by atoms with van der Waals surface area (Å²) in [4.78, 5) is 12.0. The molecule has 0 spiro atoms. The Labute approximate surface area is 183 Å². The van der Waals surface area contributed by atoms with Crippen molar-refractivity contribution in [3.05, 3.63) is 48.1 Å². The number of allylic oxidation sites excluding steroid dienone is 4. The van der Waals surface area contributed by atoms with E-state index in [2.05, 4.69) is 36.5 Å². The van der Waals surface area contributed by atoms with Gasteiger partial charge in [-0.2, -0.15) is 0 Å². The fourth-order valence-electron chi connectivity index (χ4n) is 3.20. The van der Waals surface area contributed by atoms with Crippen LogP contribution >= 0.6 is 0 Å². The number of carbonyl (C=O) groups is 1. The number of hydrogen-bond donors (Lipinski definition) is 2. The Morgan fingerprint density at radius 3 is 2.33 bits per heavy atom. The third-order valence-corrected chi connectivity index (χ3v) is 5.09. The molecule has 0 aliphatic carbocycles. The van der Waals surface area contributed by atoms with E-state index in [1.54, 1.807) is 18.2 Å². The molecule has 4 nitrogen and oxygen atoms in total. The highest BCUT2D eigenvalue weighted by Gasteiger charge is 2.05. The summed E-state index contributed by atoms with van der Waals surface area (Å²) < 4.78 is 5.08. The van der Waals surface area contributed by atoms with Gasteiger partial charge >= 0.3 is 0 Å². The van der Waals surface area contributed by atoms with Crippen LogP contribution in [-0.4, -0.2) is 18.1 Å². The van der Waals surface area contributed by atoms with Gasteiger partial charge < -0.3 is 15.2 Å². The molecule has 0 aliphatic heterocycles. The van der Waals surface area contributed by atoms with Crippen LogP contribution < -0.4 is 10.1 Å². The highest BCUT2D eigenvalue weighted by Crippen LogP contribution is 2.26. The van der Waals surface area contributed by atoms with Crippen LogP contribution in [0.3, 0.4) is 0 Å². The quantitative estimate of drug-likeness (QED) is 0.216. The van der Waals surface area contributed by atoms with Gasteiger partial charge in [0.05, 0.1) is 7.11 Å². The van der Waals surface area contributed by atoms with Gasteiger partial charge in [-0.05, 0) is 49.8 Å². The van der Waals surface area contributed by atoms with E-state index in [4.69, 9.17) is 4.74 Å². The van der Waals surface area contributed by atoms with E-state index in [0.29, 0.717) is 18.7 Å². The van der Waals surface area contributed by atoms with Gasteiger partial charge in [0.15, 0.2) is 11.5 Å². The second-order valence-corrected chi connectivity index (χ2v) is 7.76. The number of hydrogen-bond acceptors (Lipinski definition) is 3. The second kappa shape index (κ2) is 17.6. The van der Waals surface area contributed by atoms with Gasteiger partial charge in [-0.15, -0.1) is 0 Å². The molecule has 168 valence electrons. The molecule has 0 fully saturated rings. The van der Waals surface area contributed by atoms with Crippen molar-refractivity contribution in [2.75, 3.05) is 7.11 Å². The Bertz CT molecular complexity index is 637. The molecule has 2 N–H and O–H groups in total. The van der Waals surface area contributed by atoms with Gasteiger partial charge in [0, 0.05) is 13.0 Å². The molecule has 0 unspecified atom stereocenters. The fourth-order valence-corrected chi connectivity index (χ4v) is 3.20. The Morgan fingerprint density at radius 2 is 1.63 bits per heavy atom. The van der Waals surface area contributed by atoms with E-state index in [9.17, 15) is 9.90 Å². The molecule has 0 saturated heterocycles. The Hall–Kier alpha value is -2.23. The monoisotopic (exact) mass is 415 g/mol. The summed E-state index contributed by atoms with van der Waals surface area (Å²) in [6.45, 7) is 2.68. The van der Waals surface area contributed by atoms with Gasteiger partial charge in [-0.3, -0.25) is 4.79 Å². The average Bonchev–Trinajstić information content (AvgIpc) is 2.75. The van der Waals surface area contributed by atoms with Crippen LogP contribution in [0.1, 0.15) is 89.5 Å². The maximum absolute atomic E-state index is 12.0. The van der Waals surface area contributed by atoms with Crippen LogP contribution in [-0.2, 0) is 11.3 Å². The Kier molecular flexibility index (Phi) is 15.2. The summed E-state index contributed by atoms with van der Waals surface area (Å²) in [5.41, 5.74) is 0.916. The maximum Gasteiger partial charge on any atom is 0.220 e. The molecule has 0 aromatic heterocycles. The van der Waals surface area contributed by atoms with Crippen molar-refractivity contribution in [2.24, 2.45) is 0 Å². The molecule has 0 radical (unpaired) electrons. The molecule has 1 amide bonds. The number of methoxy groups -OCH3 is 1. The summed E-state index contributed by atoms with van der Waals surface area (Å²) in [6, 6.07) is 5.12. The summed E-state index contributed by atoms with van der Waals surface area (Å²) in [5.74, 6) is 0.617. The van der Waals surface area contributed by atoms with Crippen LogP contribution in [0.15, 0.2) is 42.5 Å². The predicted octanol–water partition coefficient (Wildman–Crippen LogP) is 6.83. The maximum atomic E-state index is 12.0. The minimum Gasteiger partial charge on any atom is -0.504 e. The minimum atomic E-state index is 0.0796. The van der Waals surface area contributed by atoms with E-state index in [1.807, 2.05) is 0 Å². The zero-order valence-electron chi connectivity index (χ0n) is 19.0. The van der Waals surface area contributed by atoms with Gasteiger partial charge in [0.25, 0.3) is 0 Å². The van der Waals surface area contributed by atoms with E-state index >= 15 is 0 Å². The van der Waals surface area contributed by atoms with Crippen molar-refractivity contribution in [3.8, 4) is 11.5 Å². The van der Waals surface area contributed by atoms with Crippen molar-refractivity contribution in [2.45, 2.75) is 90.5 Å². The van der Waals surface area contributed by atoms with Crippen molar-refractivity contribution in [1.29, 1.82) is 0 Å². The highest BCUT2D eigenvalue weighted by molar-refractivity contribution is 5.75. The second-order valence-electron chi connectivity index (χ2n) is 7.76. The number of nitrogens with one attached hydrogen (secondary N) is 1. The lowest BCUT2D eigenvalue weighted by molar-refractivity contribution is -0.121. The van der Waals surface area contributed by atoms with Gasteiger partial charge in [-0.25, -0.2) is 0 Å². The first-order chi connectivity index (χ1) is 14.7. The van der Waals surface area contributed by atoms with E-state index < -0.39 is 0 Å².